The summed E-state index contributed by atoms with van der Waals surface area (Å²) in [5.41, 5.74) is 5.02. The number of aliphatic hydroxyl groups is 1. The van der Waals surface area contributed by atoms with E-state index in [1.54, 1.807) is 30.3 Å². The molecule has 0 radical (unpaired) electrons. The average molecular weight is 588 g/mol. The standard InChI is InChI=1S/C32H33N3O8/c33-31(42)27-23(37)14-18-12-17-13-21-20(8-9-22(36)26(21)28(39)25(17)29(40)32(18,43)30(27)41)16-4-6-19(7-5-16)34-24(38)15-35-10-2-1-3-11-35/h4-9,17-18,25,27,36,43H,1-3,10-15H2,(H2,33,42)(H,34,38)/t17-,18+,25?,27?,32+/m1/s1. The molecule has 0 bridgehead atoms. The number of nitrogens with two attached hydrogens (primary N) is 1. The number of nitrogens with zero attached hydrogens (tertiary/aromatic N) is 1. The number of rotatable bonds is 5. The maximum atomic E-state index is 13.8. The van der Waals surface area contributed by atoms with Crippen LogP contribution in [0.15, 0.2) is 36.4 Å². The molecule has 2 saturated carbocycles. The minimum absolute atomic E-state index is 0.0259. The number of hydrogen-bond acceptors (Lipinski definition) is 9. The highest BCUT2D eigenvalue weighted by molar-refractivity contribution is 6.31. The van der Waals surface area contributed by atoms with E-state index in [0.29, 0.717) is 23.4 Å². The first-order valence-electron chi connectivity index (χ1n) is 14.7. The van der Waals surface area contributed by atoms with Crippen molar-refractivity contribution in [2.75, 3.05) is 25.0 Å². The molecule has 1 aliphatic heterocycles. The smallest absolute Gasteiger partial charge is 0.238 e. The van der Waals surface area contributed by atoms with E-state index < -0.39 is 58.3 Å². The molecular formula is C32H33N3O8. The normalized spacial score (nSPS) is 29.0. The Morgan fingerprint density at radius 2 is 1.65 bits per heavy atom. The van der Waals surface area contributed by atoms with Crippen LogP contribution in [0.5, 0.6) is 5.75 Å². The van der Waals surface area contributed by atoms with Gasteiger partial charge in [0.2, 0.25) is 11.8 Å². The lowest BCUT2D eigenvalue weighted by molar-refractivity contribution is -0.175. The number of ketones is 4. The maximum absolute atomic E-state index is 13.8. The van der Waals surface area contributed by atoms with Crippen LogP contribution in [0, 0.1) is 23.7 Å². The van der Waals surface area contributed by atoms with Crippen LogP contribution in [0.2, 0.25) is 0 Å². The van der Waals surface area contributed by atoms with E-state index in [9.17, 15) is 39.0 Å². The zero-order valence-electron chi connectivity index (χ0n) is 23.5. The van der Waals surface area contributed by atoms with Gasteiger partial charge in [-0.15, -0.1) is 0 Å². The fraction of sp³-hybridized carbons (Fsp3) is 0.438. The molecule has 43 heavy (non-hydrogen) atoms. The number of fused-ring (bicyclic) bond motifs is 3. The maximum Gasteiger partial charge on any atom is 0.238 e. The number of aromatic hydroxyl groups is 1. The molecule has 6 rings (SSSR count). The van der Waals surface area contributed by atoms with Crippen molar-refractivity contribution in [1.29, 1.82) is 0 Å². The first kappa shape index (κ1) is 28.9. The third-order valence-corrected chi connectivity index (χ3v) is 9.58. The third kappa shape index (κ3) is 4.76. The van der Waals surface area contributed by atoms with Gasteiger partial charge in [-0.05, 0) is 79.6 Å². The summed E-state index contributed by atoms with van der Waals surface area (Å²) in [7, 11) is 0. The zero-order valence-corrected chi connectivity index (χ0v) is 23.5. The number of piperidine rings is 1. The number of carbonyl (C=O) groups excluding carboxylic acids is 6. The summed E-state index contributed by atoms with van der Waals surface area (Å²) >= 11 is 0. The minimum atomic E-state index is -2.68. The Hall–Kier alpha value is -4.22. The summed E-state index contributed by atoms with van der Waals surface area (Å²) in [6.45, 7) is 2.14. The van der Waals surface area contributed by atoms with Crippen molar-refractivity contribution in [3.8, 4) is 16.9 Å². The molecule has 3 aliphatic carbocycles. The highest BCUT2D eigenvalue weighted by Gasteiger charge is 2.66. The molecule has 4 aliphatic rings. The molecule has 0 aromatic heterocycles. The Morgan fingerprint density at radius 3 is 2.33 bits per heavy atom. The zero-order chi connectivity index (χ0) is 30.6. The Kier molecular flexibility index (Phi) is 7.26. The van der Waals surface area contributed by atoms with Gasteiger partial charge in [0.15, 0.2) is 34.7 Å². The SMILES string of the molecule is NC(=O)C1C(=O)C[C@@H]2C[C@@H]3Cc4c(-c5ccc(NC(=O)CN6CCCCC6)cc5)ccc(O)c4C(=O)C3C(=O)[C@]2(O)C1=O. The first-order valence-corrected chi connectivity index (χ1v) is 14.7. The van der Waals surface area contributed by atoms with Gasteiger partial charge < -0.3 is 21.3 Å². The van der Waals surface area contributed by atoms with Crippen LogP contribution >= 0.6 is 0 Å². The molecule has 3 fully saturated rings. The molecule has 2 aromatic carbocycles. The second kappa shape index (κ2) is 10.8. The van der Waals surface area contributed by atoms with Crippen LogP contribution in [0.1, 0.15) is 48.0 Å². The number of primary amides is 1. The van der Waals surface area contributed by atoms with E-state index in [4.69, 9.17) is 5.73 Å². The summed E-state index contributed by atoms with van der Waals surface area (Å²) in [5, 5.41) is 25.0. The minimum Gasteiger partial charge on any atom is -0.507 e. The third-order valence-electron chi connectivity index (χ3n) is 9.58. The van der Waals surface area contributed by atoms with Crippen LogP contribution in [-0.4, -0.2) is 75.3 Å². The molecule has 0 spiro atoms. The Bertz CT molecular complexity index is 1560. The topological polar surface area (TPSA) is 184 Å². The van der Waals surface area contributed by atoms with Crippen LogP contribution in [0.3, 0.4) is 0 Å². The number of phenols is 1. The largest absolute Gasteiger partial charge is 0.507 e. The Labute approximate surface area is 247 Å². The molecule has 5 atom stereocenters. The Balaban J connectivity index is 1.27. The number of phenolic OH excluding ortho intramolecular Hbond substituents is 1. The van der Waals surface area contributed by atoms with Crippen LogP contribution in [0.25, 0.3) is 11.1 Å². The molecular weight excluding hydrogens is 554 g/mol. The van der Waals surface area contributed by atoms with E-state index in [0.717, 1.165) is 31.5 Å². The second-order valence-electron chi connectivity index (χ2n) is 12.2. The summed E-state index contributed by atoms with van der Waals surface area (Å²) in [6, 6.07) is 10.2. The number of nitrogens with one attached hydrogen (secondary N) is 1. The van der Waals surface area contributed by atoms with Crippen molar-refractivity contribution < 1.29 is 39.0 Å². The van der Waals surface area contributed by atoms with Gasteiger partial charge in [-0.3, -0.25) is 33.7 Å². The monoisotopic (exact) mass is 587 g/mol. The number of benzene rings is 2. The summed E-state index contributed by atoms with van der Waals surface area (Å²) < 4.78 is 0. The van der Waals surface area contributed by atoms with E-state index >= 15 is 0 Å². The predicted octanol–water partition coefficient (Wildman–Crippen LogP) is 1.42. The van der Waals surface area contributed by atoms with E-state index in [1.165, 1.54) is 12.5 Å². The van der Waals surface area contributed by atoms with Crippen molar-refractivity contribution in [2.45, 2.75) is 44.1 Å². The van der Waals surface area contributed by atoms with Gasteiger partial charge in [0.05, 0.1) is 18.0 Å². The molecule has 11 heteroatoms. The van der Waals surface area contributed by atoms with Gasteiger partial charge >= 0.3 is 0 Å². The molecule has 2 unspecified atom stereocenters. The van der Waals surface area contributed by atoms with Gasteiger partial charge in [-0.1, -0.05) is 24.6 Å². The molecule has 2 aromatic rings. The highest BCUT2D eigenvalue weighted by Crippen LogP contribution is 2.51. The van der Waals surface area contributed by atoms with Crippen molar-refractivity contribution in [3.05, 3.63) is 47.5 Å². The lowest BCUT2D eigenvalue weighted by Crippen LogP contribution is -2.68. The Morgan fingerprint density at radius 1 is 0.953 bits per heavy atom. The summed E-state index contributed by atoms with van der Waals surface area (Å²) in [4.78, 5) is 79.6. The summed E-state index contributed by atoms with van der Waals surface area (Å²) in [6.07, 6.45) is 3.18. The van der Waals surface area contributed by atoms with Crippen molar-refractivity contribution in [3.63, 3.8) is 0 Å². The van der Waals surface area contributed by atoms with Gasteiger partial charge in [0.25, 0.3) is 0 Å². The van der Waals surface area contributed by atoms with Gasteiger partial charge in [-0.2, -0.15) is 0 Å². The van der Waals surface area contributed by atoms with Crippen LogP contribution in [0.4, 0.5) is 5.69 Å². The van der Waals surface area contributed by atoms with E-state index in [-0.39, 0.29) is 36.5 Å². The average Bonchev–Trinajstić information content (AvgIpc) is 2.96. The summed E-state index contributed by atoms with van der Waals surface area (Å²) in [5.74, 6) is -10.5. The van der Waals surface area contributed by atoms with Crippen LogP contribution in [-0.2, 0) is 30.4 Å². The fourth-order valence-corrected chi connectivity index (χ4v) is 7.49. The van der Waals surface area contributed by atoms with Crippen molar-refractivity contribution in [1.82, 2.24) is 4.90 Å². The predicted molar refractivity (Wildman–Crippen MR) is 153 cm³/mol. The molecule has 1 saturated heterocycles. The van der Waals surface area contributed by atoms with Gasteiger partial charge in [0, 0.05) is 18.0 Å². The van der Waals surface area contributed by atoms with Gasteiger partial charge in [0.1, 0.15) is 5.75 Å². The molecule has 2 amide bonds. The number of anilines is 1. The van der Waals surface area contributed by atoms with Gasteiger partial charge in [-0.25, -0.2) is 0 Å². The lowest BCUT2D eigenvalue weighted by Gasteiger charge is -2.48. The molecule has 224 valence electrons. The van der Waals surface area contributed by atoms with E-state index in [2.05, 4.69) is 10.2 Å². The van der Waals surface area contributed by atoms with Crippen molar-refractivity contribution in [2.24, 2.45) is 29.4 Å². The number of likely N-dealkylation sites (tertiary alicyclic amines) is 1. The fourth-order valence-electron chi connectivity index (χ4n) is 7.49. The lowest BCUT2D eigenvalue weighted by atomic mass is 9.53. The highest BCUT2D eigenvalue weighted by atomic mass is 16.3. The van der Waals surface area contributed by atoms with Crippen LogP contribution < -0.4 is 11.1 Å². The van der Waals surface area contributed by atoms with Crippen molar-refractivity contribution >= 4 is 40.6 Å². The molecule has 1 heterocycles. The molecule has 11 nitrogen and oxygen atoms in total. The second-order valence-corrected chi connectivity index (χ2v) is 12.2. The number of carbonyl (C=O) groups is 6. The van der Waals surface area contributed by atoms with E-state index in [1.807, 2.05) is 0 Å². The number of amides is 2. The molecule has 5 N–H and O–H groups in total. The first-order chi connectivity index (χ1) is 20.5. The number of hydrogen-bond donors (Lipinski definition) is 4. The quantitative estimate of drug-likeness (QED) is 0.376. The number of Topliss-reactive ketones (excluding diaryl/α,β-unsaturated/α-hetero) is 4.